The van der Waals surface area contributed by atoms with Gasteiger partial charge in [0.1, 0.15) is 5.75 Å². The van der Waals surface area contributed by atoms with E-state index in [1.54, 1.807) is 14.2 Å². The van der Waals surface area contributed by atoms with Gasteiger partial charge in [-0.15, -0.1) is 0 Å². The maximum absolute atomic E-state index is 6.29. The van der Waals surface area contributed by atoms with Gasteiger partial charge in [-0.2, -0.15) is 0 Å². The van der Waals surface area contributed by atoms with Gasteiger partial charge < -0.3 is 15.2 Å². The molecule has 106 valence electrons. The molecule has 0 heterocycles. The maximum atomic E-state index is 6.29. The Morgan fingerprint density at radius 1 is 0.900 bits per heavy atom. The van der Waals surface area contributed by atoms with Gasteiger partial charge in [-0.05, 0) is 35.2 Å². The Bertz CT molecular complexity index is 520. The summed E-state index contributed by atoms with van der Waals surface area (Å²) in [7, 11) is 3.38. The van der Waals surface area contributed by atoms with Crippen molar-refractivity contribution in [1.29, 1.82) is 0 Å². The van der Waals surface area contributed by atoms with Crippen LogP contribution in [0, 0.1) is 0 Å². The van der Waals surface area contributed by atoms with E-state index in [4.69, 9.17) is 15.2 Å². The van der Waals surface area contributed by atoms with E-state index in [9.17, 15) is 0 Å². The van der Waals surface area contributed by atoms with Crippen LogP contribution in [0.3, 0.4) is 0 Å². The standard InChI is InChI=1S/C17H21NO2/c1-19-12-11-13-3-5-14(6-4-13)17(18)15-7-9-16(20-2)10-8-15/h3-10,17H,11-12,18H2,1-2H3. The van der Waals surface area contributed by atoms with Crippen LogP contribution in [-0.2, 0) is 11.2 Å². The van der Waals surface area contributed by atoms with Crippen LogP contribution >= 0.6 is 0 Å². The minimum Gasteiger partial charge on any atom is -0.497 e. The van der Waals surface area contributed by atoms with Crippen molar-refractivity contribution < 1.29 is 9.47 Å². The van der Waals surface area contributed by atoms with E-state index >= 15 is 0 Å². The van der Waals surface area contributed by atoms with Crippen LogP contribution < -0.4 is 10.5 Å². The second-order valence-electron chi connectivity index (χ2n) is 4.74. The van der Waals surface area contributed by atoms with Crippen molar-refractivity contribution in [3.05, 3.63) is 65.2 Å². The molecule has 0 fully saturated rings. The van der Waals surface area contributed by atoms with Gasteiger partial charge in [0, 0.05) is 7.11 Å². The molecule has 2 aromatic rings. The smallest absolute Gasteiger partial charge is 0.118 e. The van der Waals surface area contributed by atoms with Crippen molar-refractivity contribution in [2.75, 3.05) is 20.8 Å². The van der Waals surface area contributed by atoms with E-state index in [0.29, 0.717) is 0 Å². The number of ether oxygens (including phenoxy) is 2. The van der Waals surface area contributed by atoms with Gasteiger partial charge >= 0.3 is 0 Å². The molecular formula is C17H21NO2. The van der Waals surface area contributed by atoms with E-state index in [1.165, 1.54) is 5.56 Å². The van der Waals surface area contributed by atoms with Crippen molar-refractivity contribution in [2.45, 2.75) is 12.5 Å². The zero-order valence-electron chi connectivity index (χ0n) is 12.0. The summed E-state index contributed by atoms with van der Waals surface area (Å²) in [6, 6.07) is 16.1. The summed E-state index contributed by atoms with van der Waals surface area (Å²) in [5.74, 6) is 0.843. The predicted molar refractivity (Wildman–Crippen MR) is 81.0 cm³/mol. The van der Waals surface area contributed by atoms with Crippen LogP contribution in [0.5, 0.6) is 5.75 Å². The fourth-order valence-corrected chi connectivity index (χ4v) is 2.12. The van der Waals surface area contributed by atoms with Gasteiger partial charge in [-0.25, -0.2) is 0 Å². The Labute approximate surface area is 120 Å². The predicted octanol–water partition coefficient (Wildman–Crippen LogP) is 2.93. The van der Waals surface area contributed by atoms with Crippen LogP contribution in [0.2, 0.25) is 0 Å². The first-order chi connectivity index (χ1) is 9.74. The Morgan fingerprint density at radius 2 is 1.45 bits per heavy atom. The Hall–Kier alpha value is -1.84. The van der Waals surface area contributed by atoms with Crippen molar-refractivity contribution >= 4 is 0 Å². The van der Waals surface area contributed by atoms with E-state index in [-0.39, 0.29) is 6.04 Å². The van der Waals surface area contributed by atoms with Gasteiger partial charge in [0.15, 0.2) is 0 Å². The molecule has 2 rings (SSSR count). The third-order valence-corrected chi connectivity index (χ3v) is 3.41. The molecule has 0 aromatic heterocycles. The zero-order chi connectivity index (χ0) is 14.4. The molecule has 0 amide bonds. The second kappa shape index (κ2) is 7.08. The molecule has 1 unspecified atom stereocenters. The van der Waals surface area contributed by atoms with Crippen molar-refractivity contribution in [2.24, 2.45) is 5.73 Å². The highest BCUT2D eigenvalue weighted by Crippen LogP contribution is 2.22. The first-order valence-corrected chi connectivity index (χ1v) is 6.72. The van der Waals surface area contributed by atoms with E-state index in [0.717, 1.165) is 29.9 Å². The SMILES string of the molecule is COCCc1ccc(C(N)c2ccc(OC)cc2)cc1. The number of nitrogens with two attached hydrogens (primary N) is 1. The fourth-order valence-electron chi connectivity index (χ4n) is 2.12. The highest BCUT2D eigenvalue weighted by molar-refractivity contribution is 5.36. The van der Waals surface area contributed by atoms with Crippen LogP contribution in [0.4, 0.5) is 0 Å². The second-order valence-corrected chi connectivity index (χ2v) is 4.74. The molecule has 0 bridgehead atoms. The van der Waals surface area contributed by atoms with Gasteiger partial charge in [0.25, 0.3) is 0 Å². The number of benzene rings is 2. The molecule has 0 spiro atoms. The van der Waals surface area contributed by atoms with Crippen molar-refractivity contribution in [3.63, 3.8) is 0 Å². The van der Waals surface area contributed by atoms with Crippen LogP contribution in [-0.4, -0.2) is 20.8 Å². The number of methoxy groups -OCH3 is 2. The average molecular weight is 271 g/mol. The number of hydrogen-bond acceptors (Lipinski definition) is 3. The molecule has 20 heavy (non-hydrogen) atoms. The molecular weight excluding hydrogens is 250 g/mol. The van der Waals surface area contributed by atoms with Gasteiger partial charge in [-0.1, -0.05) is 36.4 Å². The molecule has 2 N–H and O–H groups in total. The zero-order valence-corrected chi connectivity index (χ0v) is 12.0. The maximum Gasteiger partial charge on any atom is 0.118 e. The van der Waals surface area contributed by atoms with E-state index in [1.807, 2.05) is 24.3 Å². The molecule has 3 heteroatoms. The molecule has 0 saturated carbocycles. The van der Waals surface area contributed by atoms with Crippen LogP contribution in [0.1, 0.15) is 22.7 Å². The third-order valence-electron chi connectivity index (χ3n) is 3.41. The first kappa shape index (κ1) is 14.6. The molecule has 0 radical (unpaired) electrons. The van der Waals surface area contributed by atoms with Gasteiger partial charge in [-0.3, -0.25) is 0 Å². The minimum atomic E-state index is -0.114. The lowest BCUT2D eigenvalue weighted by Gasteiger charge is -2.13. The summed E-state index contributed by atoms with van der Waals surface area (Å²) < 4.78 is 10.2. The third kappa shape index (κ3) is 3.59. The molecule has 3 nitrogen and oxygen atoms in total. The summed E-state index contributed by atoms with van der Waals surface area (Å²) >= 11 is 0. The Morgan fingerprint density at radius 3 is 1.95 bits per heavy atom. The highest BCUT2D eigenvalue weighted by atomic mass is 16.5. The largest absolute Gasteiger partial charge is 0.497 e. The monoisotopic (exact) mass is 271 g/mol. The fraction of sp³-hybridized carbons (Fsp3) is 0.294. The lowest BCUT2D eigenvalue weighted by Crippen LogP contribution is -2.11. The lowest BCUT2D eigenvalue weighted by atomic mass is 9.98. The first-order valence-electron chi connectivity index (χ1n) is 6.72. The molecule has 0 aliphatic carbocycles. The summed E-state index contributed by atoms with van der Waals surface area (Å²) in [5.41, 5.74) is 9.74. The summed E-state index contributed by atoms with van der Waals surface area (Å²) in [6.45, 7) is 0.740. The van der Waals surface area contributed by atoms with Crippen LogP contribution in [0.15, 0.2) is 48.5 Å². The molecule has 2 aromatic carbocycles. The number of rotatable bonds is 6. The number of hydrogen-bond donors (Lipinski definition) is 1. The van der Waals surface area contributed by atoms with Gasteiger partial charge in [0.2, 0.25) is 0 Å². The molecule has 0 aliphatic heterocycles. The minimum absolute atomic E-state index is 0.114. The lowest BCUT2D eigenvalue weighted by molar-refractivity contribution is 0.202. The van der Waals surface area contributed by atoms with Crippen LogP contribution in [0.25, 0.3) is 0 Å². The molecule has 0 aliphatic rings. The molecule has 1 atom stereocenters. The topological polar surface area (TPSA) is 44.5 Å². The Balaban J connectivity index is 2.09. The summed E-state index contributed by atoms with van der Waals surface area (Å²) in [4.78, 5) is 0. The van der Waals surface area contributed by atoms with Gasteiger partial charge in [0.05, 0.1) is 19.8 Å². The summed E-state index contributed by atoms with van der Waals surface area (Å²) in [5, 5.41) is 0. The molecule has 0 saturated heterocycles. The van der Waals surface area contributed by atoms with Crippen molar-refractivity contribution in [3.8, 4) is 5.75 Å². The quantitative estimate of drug-likeness (QED) is 0.878. The van der Waals surface area contributed by atoms with E-state index < -0.39 is 0 Å². The van der Waals surface area contributed by atoms with Crippen molar-refractivity contribution in [1.82, 2.24) is 0 Å². The highest BCUT2D eigenvalue weighted by Gasteiger charge is 2.08. The normalized spacial score (nSPS) is 12.2. The average Bonchev–Trinajstić information content (AvgIpc) is 2.53. The van der Waals surface area contributed by atoms with E-state index in [2.05, 4.69) is 24.3 Å². The Kier molecular flexibility index (Phi) is 5.16. The summed E-state index contributed by atoms with van der Waals surface area (Å²) in [6.07, 6.45) is 0.925.